The van der Waals surface area contributed by atoms with Gasteiger partial charge in [0.15, 0.2) is 0 Å². The summed E-state index contributed by atoms with van der Waals surface area (Å²) in [5, 5.41) is 31.1. The molecule has 0 aromatic heterocycles. The molecule has 258 valence electrons. The third-order valence-electron chi connectivity index (χ3n) is 8.48. The molecule has 0 bridgehead atoms. The minimum atomic E-state index is -0.666. The van der Waals surface area contributed by atoms with E-state index in [9.17, 15) is 15.3 Å². The first-order valence-electron chi connectivity index (χ1n) is 18.6. The SMILES string of the molecule is CCCCCCCCCCCCCOCC(O)CN(CC(O)COCCCCCCCCCCCCC)c1ccc(O)cc1. The Labute approximate surface area is 271 Å². The lowest BCUT2D eigenvalue weighted by Crippen LogP contribution is -2.41. The fourth-order valence-electron chi connectivity index (χ4n) is 5.74. The highest BCUT2D eigenvalue weighted by Gasteiger charge is 2.17. The van der Waals surface area contributed by atoms with E-state index in [-0.39, 0.29) is 19.0 Å². The van der Waals surface area contributed by atoms with Crippen molar-refractivity contribution in [2.24, 2.45) is 0 Å². The van der Waals surface area contributed by atoms with E-state index < -0.39 is 12.2 Å². The predicted octanol–water partition coefficient (Wildman–Crippen LogP) is 9.58. The number of hydrogen-bond donors (Lipinski definition) is 3. The maximum Gasteiger partial charge on any atom is 0.115 e. The summed E-state index contributed by atoms with van der Waals surface area (Å²) < 4.78 is 11.6. The van der Waals surface area contributed by atoms with E-state index in [2.05, 4.69) is 13.8 Å². The minimum Gasteiger partial charge on any atom is -0.508 e. The monoisotopic (exact) mass is 622 g/mol. The molecule has 2 unspecified atom stereocenters. The maximum atomic E-state index is 10.7. The molecule has 0 aliphatic rings. The Morgan fingerprint density at radius 2 is 0.818 bits per heavy atom. The van der Waals surface area contributed by atoms with Gasteiger partial charge in [0.1, 0.15) is 5.75 Å². The van der Waals surface area contributed by atoms with Crippen molar-refractivity contribution in [2.75, 3.05) is 44.4 Å². The van der Waals surface area contributed by atoms with Crippen molar-refractivity contribution in [2.45, 2.75) is 167 Å². The zero-order valence-corrected chi connectivity index (χ0v) is 28.9. The van der Waals surface area contributed by atoms with Gasteiger partial charge >= 0.3 is 0 Å². The number of benzene rings is 1. The molecule has 0 saturated carbocycles. The van der Waals surface area contributed by atoms with E-state index in [1.54, 1.807) is 12.1 Å². The van der Waals surface area contributed by atoms with E-state index >= 15 is 0 Å². The van der Waals surface area contributed by atoms with Gasteiger partial charge in [0.05, 0.1) is 25.4 Å². The van der Waals surface area contributed by atoms with E-state index in [4.69, 9.17) is 9.47 Å². The molecular formula is C38H71NO5. The number of anilines is 1. The molecule has 3 N–H and O–H groups in total. The molecule has 0 fully saturated rings. The molecule has 6 heteroatoms. The number of aliphatic hydroxyl groups excluding tert-OH is 2. The molecule has 2 atom stereocenters. The third kappa shape index (κ3) is 24.9. The number of aliphatic hydroxyl groups is 2. The summed E-state index contributed by atoms with van der Waals surface area (Å²) in [4.78, 5) is 1.95. The van der Waals surface area contributed by atoms with Gasteiger partial charge in [-0.15, -0.1) is 0 Å². The van der Waals surface area contributed by atoms with E-state index in [0.29, 0.717) is 26.3 Å². The number of phenols is 1. The number of hydrogen-bond acceptors (Lipinski definition) is 6. The van der Waals surface area contributed by atoms with Crippen LogP contribution in [0.2, 0.25) is 0 Å². The van der Waals surface area contributed by atoms with Gasteiger partial charge in [-0.2, -0.15) is 0 Å². The summed E-state index contributed by atoms with van der Waals surface area (Å²) in [6, 6.07) is 6.89. The smallest absolute Gasteiger partial charge is 0.115 e. The molecule has 0 saturated heterocycles. The van der Waals surface area contributed by atoms with Crippen molar-refractivity contribution in [1.82, 2.24) is 0 Å². The van der Waals surface area contributed by atoms with Crippen LogP contribution in [0, 0.1) is 0 Å². The lowest BCUT2D eigenvalue weighted by atomic mass is 10.1. The summed E-state index contributed by atoms with van der Waals surface area (Å²) in [6.07, 6.45) is 27.3. The lowest BCUT2D eigenvalue weighted by Gasteiger charge is -2.29. The fraction of sp³-hybridized carbons (Fsp3) is 0.842. The van der Waals surface area contributed by atoms with Crippen LogP contribution in [0.25, 0.3) is 0 Å². The molecule has 44 heavy (non-hydrogen) atoms. The predicted molar refractivity (Wildman–Crippen MR) is 187 cm³/mol. The molecule has 1 aromatic rings. The second kappa shape index (κ2) is 30.3. The van der Waals surface area contributed by atoms with Crippen LogP contribution in [0.3, 0.4) is 0 Å². The van der Waals surface area contributed by atoms with Crippen molar-refractivity contribution >= 4 is 5.69 Å². The fourth-order valence-corrected chi connectivity index (χ4v) is 5.74. The summed E-state index contributed by atoms with van der Waals surface area (Å²) in [5.41, 5.74) is 0.844. The first-order chi connectivity index (χ1) is 21.6. The second-order valence-corrected chi connectivity index (χ2v) is 12.9. The topological polar surface area (TPSA) is 82.4 Å². The van der Waals surface area contributed by atoms with Crippen molar-refractivity contribution in [3.05, 3.63) is 24.3 Å². The van der Waals surface area contributed by atoms with Crippen molar-refractivity contribution in [3.63, 3.8) is 0 Å². The molecule has 0 aliphatic carbocycles. The largest absolute Gasteiger partial charge is 0.508 e. The Morgan fingerprint density at radius 3 is 1.16 bits per heavy atom. The van der Waals surface area contributed by atoms with Gasteiger partial charge in [-0.25, -0.2) is 0 Å². The van der Waals surface area contributed by atoms with E-state index in [1.165, 1.54) is 128 Å². The van der Waals surface area contributed by atoms with Gasteiger partial charge < -0.3 is 29.7 Å². The molecule has 1 rings (SSSR count). The standard InChI is InChI=1S/C38H71NO5/c1-3-5-7-9-11-13-15-17-19-21-23-29-43-33-37(41)31-39(35-25-27-36(40)28-26-35)32-38(42)34-44-30-24-22-20-18-16-14-12-10-8-6-4-2/h25-28,37-38,40-42H,3-24,29-34H2,1-2H3. The quantitative estimate of drug-likeness (QED) is 0.0678. The van der Waals surface area contributed by atoms with Crippen LogP contribution < -0.4 is 4.90 Å². The highest BCUT2D eigenvalue weighted by molar-refractivity contribution is 5.49. The van der Waals surface area contributed by atoms with Gasteiger partial charge in [-0.05, 0) is 37.1 Å². The van der Waals surface area contributed by atoms with Gasteiger partial charge in [0.2, 0.25) is 0 Å². The van der Waals surface area contributed by atoms with Crippen LogP contribution >= 0.6 is 0 Å². The highest BCUT2D eigenvalue weighted by Crippen LogP contribution is 2.20. The lowest BCUT2D eigenvalue weighted by molar-refractivity contribution is 0.0284. The van der Waals surface area contributed by atoms with Crippen LogP contribution in [0.5, 0.6) is 5.75 Å². The Bertz CT molecular complexity index is 678. The molecule has 0 spiro atoms. The summed E-state index contributed by atoms with van der Waals surface area (Å²) in [5.74, 6) is 0.195. The number of unbranched alkanes of at least 4 members (excludes halogenated alkanes) is 20. The highest BCUT2D eigenvalue weighted by atomic mass is 16.5. The van der Waals surface area contributed by atoms with Crippen LogP contribution in [0.1, 0.15) is 155 Å². The maximum absolute atomic E-state index is 10.7. The Balaban J connectivity index is 2.18. The number of nitrogens with zero attached hydrogens (tertiary/aromatic N) is 1. The van der Waals surface area contributed by atoms with Crippen LogP contribution in [-0.2, 0) is 9.47 Å². The molecular weight excluding hydrogens is 550 g/mol. The summed E-state index contributed by atoms with van der Waals surface area (Å²) >= 11 is 0. The zero-order chi connectivity index (χ0) is 31.9. The van der Waals surface area contributed by atoms with Crippen molar-refractivity contribution in [3.8, 4) is 5.75 Å². The molecule has 0 amide bonds. The minimum absolute atomic E-state index is 0.195. The molecule has 0 aliphatic heterocycles. The molecule has 1 aromatic carbocycles. The zero-order valence-electron chi connectivity index (χ0n) is 28.9. The summed E-state index contributed by atoms with van der Waals surface area (Å²) in [6.45, 7) is 7.11. The van der Waals surface area contributed by atoms with Crippen molar-refractivity contribution < 1.29 is 24.8 Å². The first-order valence-corrected chi connectivity index (χ1v) is 18.6. The number of rotatable bonds is 33. The van der Waals surface area contributed by atoms with Crippen LogP contribution in [-0.4, -0.2) is 67.0 Å². The van der Waals surface area contributed by atoms with Crippen LogP contribution in [0.4, 0.5) is 5.69 Å². The van der Waals surface area contributed by atoms with Crippen LogP contribution in [0.15, 0.2) is 24.3 Å². The third-order valence-corrected chi connectivity index (χ3v) is 8.48. The molecule has 6 nitrogen and oxygen atoms in total. The normalized spacial score (nSPS) is 12.9. The molecule has 0 radical (unpaired) electrons. The number of phenolic OH excluding ortho intramolecular Hbond substituents is 1. The van der Waals surface area contributed by atoms with E-state index in [1.807, 2.05) is 17.0 Å². The van der Waals surface area contributed by atoms with Gasteiger partial charge in [0.25, 0.3) is 0 Å². The first kappa shape index (κ1) is 40.7. The Morgan fingerprint density at radius 1 is 0.500 bits per heavy atom. The summed E-state index contributed by atoms with van der Waals surface area (Å²) in [7, 11) is 0. The van der Waals surface area contributed by atoms with Crippen molar-refractivity contribution in [1.29, 1.82) is 0 Å². The Kier molecular flexibility index (Phi) is 28.0. The average Bonchev–Trinajstić information content (AvgIpc) is 3.02. The number of ether oxygens (including phenoxy) is 2. The second-order valence-electron chi connectivity index (χ2n) is 12.9. The number of aromatic hydroxyl groups is 1. The van der Waals surface area contributed by atoms with E-state index in [0.717, 1.165) is 18.5 Å². The van der Waals surface area contributed by atoms with Gasteiger partial charge in [-0.1, -0.05) is 142 Å². The molecule has 0 heterocycles. The average molecular weight is 622 g/mol. The van der Waals surface area contributed by atoms with Gasteiger partial charge in [0, 0.05) is 32.0 Å². The Hall–Kier alpha value is -1.34. The van der Waals surface area contributed by atoms with Gasteiger partial charge in [-0.3, -0.25) is 0 Å².